The first-order valence-electron chi connectivity index (χ1n) is 9.53. The molecule has 29 heavy (non-hydrogen) atoms. The third kappa shape index (κ3) is 9.47. The summed E-state index contributed by atoms with van der Waals surface area (Å²) in [5, 5.41) is 6.72. The summed E-state index contributed by atoms with van der Waals surface area (Å²) >= 11 is 0. The van der Waals surface area contributed by atoms with Gasteiger partial charge in [-0.25, -0.2) is 0 Å². The highest BCUT2D eigenvalue weighted by Crippen LogP contribution is 2.17. The molecule has 0 fully saturated rings. The fourth-order valence-electron chi connectivity index (χ4n) is 2.78. The van der Waals surface area contributed by atoms with Crippen LogP contribution in [0.4, 0.5) is 5.69 Å². The zero-order chi connectivity index (χ0) is 20.2. The van der Waals surface area contributed by atoms with Crippen LogP contribution in [0.3, 0.4) is 0 Å². The number of aliphatic imine (C=N–C) groups is 1. The van der Waals surface area contributed by atoms with Crippen LogP contribution >= 0.6 is 24.0 Å². The minimum Gasteiger partial charge on any atom is -0.493 e. The standard InChI is InChI=1S/C22H32N4O2.HI/c1-23-22(24-16-18-9-5-6-10-19(18)17-26(2)3)25-20-11-7-12-21(15-20)28-14-8-13-27-4;/h5-7,9-12,15H,8,13-14,16-17H2,1-4H3,(H2,23,24,25);1H. The van der Waals surface area contributed by atoms with E-state index in [-0.39, 0.29) is 24.0 Å². The van der Waals surface area contributed by atoms with E-state index in [9.17, 15) is 0 Å². The van der Waals surface area contributed by atoms with Crippen LogP contribution in [-0.4, -0.2) is 52.3 Å². The molecule has 0 amide bonds. The Bertz CT molecular complexity index is 753. The summed E-state index contributed by atoms with van der Waals surface area (Å²) in [5.41, 5.74) is 3.50. The maximum absolute atomic E-state index is 5.76. The molecule has 0 aliphatic rings. The number of halogens is 1. The second kappa shape index (κ2) is 14.2. The summed E-state index contributed by atoms with van der Waals surface area (Å²) in [6.45, 7) is 2.94. The third-order valence-corrected chi connectivity index (χ3v) is 4.13. The molecule has 0 aliphatic carbocycles. The predicted molar refractivity (Wildman–Crippen MR) is 131 cm³/mol. The Labute approximate surface area is 191 Å². The van der Waals surface area contributed by atoms with Gasteiger partial charge < -0.3 is 25.0 Å². The summed E-state index contributed by atoms with van der Waals surface area (Å²) in [6.07, 6.45) is 0.865. The molecule has 0 saturated heterocycles. The normalized spacial score (nSPS) is 11.1. The van der Waals surface area contributed by atoms with Gasteiger partial charge >= 0.3 is 0 Å². The minimum absolute atomic E-state index is 0. The second-order valence-electron chi connectivity index (χ2n) is 6.78. The van der Waals surface area contributed by atoms with E-state index >= 15 is 0 Å². The Hall–Kier alpha value is -1.84. The predicted octanol–water partition coefficient (Wildman–Crippen LogP) is 3.97. The van der Waals surface area contributed by atoms with Crippen LogP contribution in [-0.2, 0) is 17.8 Å². The molecule has 2 rings (SSSR count). The van der Waals surface area contributed by atoms with E-state index in [0.717, 1.165) is 30.4 Å². The summed E-state index contributed by atoms with van der Waals surface area (Å²) in [7, 11) is 7.62. The second-order valence-corrected chi connectivity index (χ2v) is 6.78. The fourth-order valence-corrected chi connectivity index (χ4v) is 2.78. The van der Waals surface area contributed by atoms with Crippen LogP contribution in [0.15, 0.2) is 53.5 Å². The number of benzene rings is 2. The van der Waals surface area contributed by atoms with Crippen LogP contribution in [0.5, 0.6) is 5.75 Å². The first-order chi connectivity index (χ1) is 13.6. The number of rotatable bonds is 10. The SMILES string of the molecule is CN=C(NCc1ccccc1CN(C)C)Nc1cccc(OCCCOC)c1.I. The molecule has 0 bridgehead atoms. The van der Waals surface area contributed by atoms with Crippen molar-refractivity contribution < 1.29 is 9.47 Å². The molecule has 0 spiro atoms. The Morgan fingerprint density at radius 1 is 1.03 bits per heavy atom. The van der Waals surface area contributed by atoms with Crippen molar-refractivity contribution in [3.8, 4) is 5.75 Å². The highest BCUT2D eigenvalue weighted by Gasteiger charge is 2.05. The monoisotopic (exact) mass is 512 g/mol. The van der Waals surface area contributed by atoms with Gasteiger partial charge in [-0.2, -0.15) is 0 Å². The average molecular weight is 512 g/mol. The lowest BCUT2D eigenvalue weighted by atomic mass is 10.1. The molecule has 160 valence electrons. The van der Waals surface area contributed by atoms with Gasteiger partial charge in [0.25, 0.3) is 0 Å². The van der Waals surface area contributed by atoms with Crippen molar-refractivity contribution in [3.05, 3.63) is 59.7 Å². The van der Waals surface area contributed by atoms with Crippen molar-refractivity contribution >= 4 is 35.6 Å². The van der Waals surface area contributed by atoms with E-state index in [1.54, 1.807) is 14.2 Å². The maximum atomic E-state index is 5.76. The zero-order valence-electron chi connectivity index (χ0n) is 17.8. The molecule has 0 aromatic heterocycles. The van der Waals surface area contributed by atoms with Gasteiger partial charge in [-0.05, 0) is 37.4 Å². The lowest BCUT2D eigenvalue weighted by Crippen LogP contribution is -2.30. The number of nitrogens with zero attached hydrogens (tertiary/aromatic N) is 2. The molecule has 2 aromatic carbocycles. The Morgan fingerprint density at radius 3 is 2.48 bits per heavy atom. The van der Waals surface area contributed by atoms with E-state index in [1.165, 1.54) is 11.1 Å². The fraction of sp³-hybridized carbons (Fsp3) is 0.409. The zero-order valence-corrected chi connectivity index (χ0v) is 20.1. The van der Waals surface area contributed by atoms with Crippen LogP contribution in [0.25, 0.3) is 0 Å². The molecule has 0 saturated carbocycles. The van der Waals surface area contributed by atoms with Gasteiger partial charge in [0, 0.05) is 52.0 Å². The van der Waals surface area contributed by atoms with Crippen molar-refractivity contribution in [1.82, 2.24) is 10.2 Å². The van der Waals surface area contributed by atoms with Gasteiger partial charge in [-0.15, -0.1) is 24.0 Å². The van der Waals surface area contributed by atoms with Gasteiger partial charge in [0.05, 0.1) is 6.61 Å². The number of nitrogens with one attached hydrogen (secondary N) is 2. The van der Waals surface area contributed by atoms with Gasteiger partial charge in [0.1, 0.15) is 5.75 Å². The number of anilines is 1. The van der Waals surface area contributed by atoms with Crippen LogP contribution < -0.4 is 15.4 Å². The molecular weight excluding hydrogens is 479 g/mol. The Kier molecular flexibility index (Phi) is 12.3. The van der Waals surface area contributed by atoms with E-state index in [2.05, 4.69) is 58.9 Å². The number of ether oxygens (including phenoxy) is 2. The Morgan fingerprint density at radius 2 is 1.79 bits per heavy atom. The number of guanidine groups is 1. The smallest absolute Gasteiger partial charge is 0.195 e. The van der Waals surface area contributed by atoms with E-state index in [1.807, 2.05) is 24.3 Å². The number of hydrogen-bond acceptors (Lipinski definition) is 4. The van der Waals surface area contributed by atoms with E-state index in [0.29, 0.717) is 19.8 Å². The molecular formula is C22H33IN4O2. The summed E-state index contributed by atoms with van der Waals surface area (Å²) in [4.78, 5) is 6.50. The highest BCUT2D eigenvalue weighted by atomic mass is 127. The maximum Gasteiger partial charge on any atom is 0.195 e. The first-order valence-corrected chi connectivity index (χ1v) is 9.53. The average Bonchev–Trinajstić information content (AvgIpc) is 2.69. The molecule has 2 N–H and O–H groups in total. The quantitative estimate of drug-likeness (QED) is 0.219. The number of methoxy groups -OCH3 is 1. The molecule has 0 heterocycles. The lowest BCUT2D eigenvalue weighted by Gasteiger charge is -2.17. The van der Waals surface area contributed by atoms with Crippen LogP contribution in [0.2, 0.25) is 0 Å². The lowest BCUT2D eigenvalue weighted by molar-refractivity contribution is 0.172. The van der Waals surface area contributed by atoms with Crippen molar-refractivity contribution in [2.75, 3.05) is 46.8 Å². The van der Waals surface area contributed by atoms with Crippen LogP contribution in [0, 0.1) is 0 Å². The van der Waals surface area contributed by atoms with Crippen molar-refractivity contribution in [2.45, 2.75) is 19.5 Å². The number of hydrogen-bond donors (Lipinski definition) is 2. The summed E-state index contributed by atoms with van der Waals surface area (Å²) in [6, 6.07) is 16.3. The molecule has 6 nitrogen and oxygen atoms in total. The molecule has 2 aromatic rings. The van der Waals surface area contributed by atoms with Gasteiger partial charge in [0.2, 0.25) is 0 Å². The largest absolute Gasteiger partial charge is 0.493 e. The van der Waals surface area contributed by atoms with E-state index in [4.69, 9.17) is 9.47 Å². The third-order valence-electron chi connectivity index (χ3n) is 4.13. The highest BCUT2D eigenvalue weighted by molar-refractivity contribution is 14.0. The molecule has 0 aliphatic heterocycles. The molecule has 0 unspecified atom stereocenters. The summed E-state index contributed by atoms with van der Waals surface area (Å²) < 4.78 is 10.8. The van der Waals surface area contributed by atoms with Gasteiger partial charge in [0.15, 0.2) is 5.96 Å². The van der Waals surface area contributed by atoms with Gasteiger partial charge in [-0.1, -0.05) is 30.3 Å². The van der Waals surface area contributed by atoms with Crippen LogP contribution in [0.1, 0.15) is 17.5 Å². The van der Waals surface area contributed by atoms with Crippen molar-refractivity contribution in [1.29, 1.82) is 0 Å². The molecule has 7 heteroatoms. The van der Waals surface area contributed by atoms with Gasteiger partial charge in [-0.3, -0.25) is 4.99 Å². The minimum atomic E-state index is 0. The van der Waals surface area contributed by atoms with E-state index < -0.39 is 0 Å². The van der Waals surface area contributed by atoms with Crippen molar-refractivity contribution in [2.24, 2.45) is 4.99 Å². The topological polar surface area (TPSA) is 58.1 Å². The van der Waals surface area contributed by atoms with Crippen molar-refractivity contribution in [3.63, 3.8) is 0 Å². The Balaban J connectivity index is 0.00000420. The molecule has 0 radical (unpaired) electrons. The molecule has 0 atom stereocenters. The summed E-state index contributed by atoms with van der Waals surface area (Å²) in [5.74, 6) is 1.55. The first kappa shape index (κ1) is 25.2.